The molecule has 1 amide bonds. The molecule has 0 bridgehead atoms. The van der Waals surface area contributed by atoms with E-state index in [1.165, 1.54) is 11.3 Å². The van der Waals surface area contributed by atoms with E-state index >= 15 is 0 Å². The number of anilines is 3. The van der Waals surface area contributed by atoms with Crippen LogP contribution < -0.4 is 20.9 Å². The molecule has 4 aromatic rings. The minimum atomic E-state index is -0.185. The number of hydrogen-bond acceptors (Lipinski definition) is 7. The normalized spacial score (nSPS) is 12.7. The van der Waals surface area contributed by atoms with Gasteiger partial charge in [-0.3, -0.25) is 15.1 Å². The molecular formula is C28H27N7O2S. The van der Waals surface area contributed by atoms with Gasteiger partial charge in [-0.05, 0) is 53.3 Å². The molecule has 38 heavy (non-hydrogen) atoms. The number of thiophene rings is 1. The van der Waals surface area contributed by atoms with Crippen LogP contribution in [-0.4, -0.2) is 43.7 Å². The fourth-order valence-electron chi connectivity index (χ4n) is 4.47. The molecule has 2 aromatic heterocycles. The van der Waals surface area contributed by atoms with E-state index in [-0.39, 0.29) is 5.91 Å². The summed E-state index contributed by atoms with van der Waals surface area (Å²) in [6.45, 7) is 2.16. The Bertz CT molecular complexity index is 1520. The number of carbonyl (C=O) groups is 1. The van der Waals surface area contributed by atoms with Gasteiger partial charge < -0.3 is 20.3 Å². The minimum absolute atomic E-state index is 0.185. The Morgan fingerprint density at radius 2 is 2.13 bits per heavy atom. The van der Waals surface area contributed by atoms with Crippen molar-refractivity contribution < 1.29 is 9.53 Å². The number of benzene rings is 2. The number of nitrogens with zero attached hydrogens (tertiary/aromatic N) is 4. The van der Waals surface area contributed by atoms with E-state index in [2.05, 4.69) is 32.0 Å². The van der Waals surface area contributed by atoms with E-state index in [0.717, 1.165) is 39.8 Å². The molecule has 3 N–H and O–H groups in total. The largest absolute Gasteiger partial charge is 0.383 e. The summed E-state index contributed by atoms with van der Waals surface area (Å²) in [6.07, 6.45) is 4.59. The molecule has 0 spiro atoms. The molecule has 0 unspecified atom stereocenters. The Hall–Kier alpha value is -4.46. The molecule has 0 fully saturated rings. The second kappa shape index (κ2) is 11.7. The summed E-state index contributed by atoms with van der Waals surface area (Å²) in [5, 5.41) is 21.3. The Labute approximate surface area is 224 Å². The first-order valence-electron chi connectivity index (χ1n) is 12.2. The van der Waals surface area contributed by atoms with Gasteiger partial charge in [0.05, 0.1) is 24.4 Å². The number of amides is 1. The molecule has 10 heteroatoms. The highest BCUT2D eigenvalue weighted by Gasteiger charge is 2.24. The average molecular weight is 526 g/mol. The van der Waals surface area contributed by atoms with E-state index in [1.807, 2.05) is 65.0 Å². The van der Waals surface area contributed by atoms with E-state index in [1.54, 1.807) is 13.3 Å². The molecule has 0 aliphatic carbocycles. The fourth-order valence-corrected chi connectivity index (χ4v) is 5.24. The van der Waals surface area contributed by atoms with Crippen molar-refractivity contribution in [2.75, 3.05) is 42.3 Å². The standard InChI is InChI=1S/C28H27N7O2S/c1-37-14-12-31-28(33-18-29)35-13-9-19-6-7-21(16-25(19)35)34-27(36)26-24(10-15-38-26)32-17-20-8-11-30-23-5-3-2-4-22(20)23/h2-8,10-11,15-16,32H,9,12-14,17H2,1H3,(H,31,33)(H,34,36). The number of ether oxygens (including phenoxy) is 1. The molecule has 0 radical (unpaired) electrons. The van der Waals surface area contributed by atoms with Crippen LogP contribution in [0.1, 0.15) is 20.8 Å². The minimum Gasteiger partial charge on any atom is -0.383 e. The van der Waals surface area contributed by atoms with Crippen LogP contribution in [0.4, 0.5) is 17.1 Å². The molecule has 0 atom stereocenters. The summed E-state index contributed by atoms with van der Waals surface area (Å²) in [5.74, 6) is 0.288. The molecule has 3 heterocycles. The molecule has 1 aliphatic heterocycles. The van der Waals surface area contributed by atoms with Crippen molar-refractivity contribution in [1.82, 2.24) is 10.3 Å². The number of pyridine rings is 1. The lowest BCUT2D eigenvalue weighted by Gasteiger charge is -2.20. The van der Waals surface area contributed by atoms with Gasteiger partial charge in [0, 0.05) is 43.2 Å². The second-order valence-electron chi connectivity index (χ2n) is 8.64. The monoisotopic (exact) mass is 525 g/mol. The number of aliphatic imine (C=N–C) groups is 1. The Morgan fingerprint density at radius 1 is 1.24 bits per heavy atom. The van der Waals surface area contributed by atoms with Gasteiger partial charge in [0.1, 0.15) is 4.88 Å². The summed E-state index contributed by atoms with van der Waals surface area (Å²) >= 11 is 1.39. The molecular weight excluding hydrogens is 498 g/mol. The number of nitriles is 1. The van der Waals surface area contributed by atoms with Crippen LogP contribution in [0.3, 0.4) is 0 Å². The number of fused-ring (bicyclic) bond motifs is 2. The first-order chi connectivity index (χ1) is 18.7. The van der Waals surface area contributed by atoms with Crippen LogP contribution in [0.5, 0.6) is 0 Å². The molecule has 192 valence electrons. The number of rotatable bonds is 8. The quantitative estimate of drug-likeness (QED) is 0.101. The maximum atomic E-state index is 13.3. The van der Waals surface area contributed by atoms with Crippen LogP contribution in [0.25, 0.3) is 10.9 Å². The summed E-state index contributed by atoms with van der Waals surface area (Å²) in [7, 11) is 1.61. The van der Waals surface area contributed by atoms with Gasteiger partial charge >= 0.3 is 0 Å². The maximum Gasteiger partial charge on any atom is 0.267 e. The van der Waals surface area contributed by atoms with Crippen molar-refractivity contribution >= 4 is 51.2 Å². The highest BCUT2D eigenvalue weighted by Crippen LogP contribution is 2.32. The first-order valence-corrected chi connectivity index (χ1v) is 13.1. The Morgan fingerprint density at radius 3 is 3.00 bits per heavy atom. The lowest BCUT2D eigenvalue weighted by molar-refractivity contribution is 0.103. The smallest absolute Gasteiger partial charge is 0.267 e. The Kier molecular flexibility index (Phi) is 7.78. The number of hydrogen-bond donors (Lipinski definition) is 3. The zero-order valence-corrected chi connectivity index (χ0v) is 21.7. The number of methoxy groups -OCH3 is 1. The van der Waals surface area contributed by atoms with Crippen molar-refractivity contribution in [1.29, 1.82) is 5.26 Å². The molecule has 0 saturated carbocycles. The molecule has 1 aliphatic rings. The van der Waals surface area contributed by atoms with Crippen molar-refractivity contribution in [2.45, 2.75) is 13.0 Å². The third kappa shape index (κ3) is 5.44. The van der Waals surface area contributed by atoms with Gasteiger partial charge in [-0.15, -0.1) is 11.3 Å². The van der Waals surface area contributed by atoms with E-state index in [0.29, 0.717) is 42.8 Å². The number of aromatic nitrogens is 1. The van der Waals surface area contributed by atoms with Crippen LogP contribution in [-0.2, 0) is 17.7 Å². The second-order valence-corrected chi connectivity index (χ2v) is 9.55. The summed E-state index contributed by atoms with van der Waals surface area (Å²) in [6, 6.07) is 17.8. The predicted octanol–water partition coefficient (Wildman–Crippen LogP) is 4.60. The zero-order chi connectivity index (χ0) is 26.3. The van der Waals surface area contributed by atoms with Gasteiger partial charge in [-0.2, -0.15) is 5.26 Å². The van der Waals surface area contributed by atoms with Crippen LogP contribution in [0.15, 0.2) is 71.2 Å². The third-order valence-corrected chi connectivity index (χ3v) is 7.21. The summed E-state index contributed by atoms with van der Waals surface area (Å²) in [4.78, 5) is 24.7. The van der Waals surface area contributed by atoms with Crippen LogP contribution in [0.2, 0.25) is 0 Å². The highest BCUT2D eigenvalue weighted by molar-refractivity contribution is 7.12. The van der Waals surface area contributed by atoms with Crippen LogP contribution in [0, 0.1) is 11.5 Å². The number of para-hydroxylation sites is 1. The molecule has 5 rings (SSSR count). The van der Waals surface area contributed by atoms with Crippen molar-refractivity contribution in [2.24, 2.45) is 4.99 Å². The number of nitrogens with one attached hydrogen (secondary N) is 3. The summed E-state index contributed by atoms with van der Waals surface area (Å²) in [5.41, 5.74) is 5.55. The van der Waals surface area contributed by atoms with Gasteiger partial charge in [0.2, 0.25) is 5.96 Å². The lowest BCUT2D eigenvalue weighted by atomic mass is 10.1. The van der Waals surface area contributed by atoms with Crippen molar-refractivity contribution in [3.8, 4) is 6.19 Å². The molecule has 0 saturated heterocycles. The lowest BCUT2D eigenvalue weighted by Crippen LogP contribution is -2.38. The summed E-state index contributed by atoms with van der Waals surface area (Å²) < 4.78 is 5.08. The van der Waals surface area contributed by atoms with Crippen molar-refractivity contribution in [3.05, 3.63) is 82.2 Å². The van der Waals surface area contributed by atoms with Gasteiger partial charge in [-0.25, -0.2) is 4.99 Å². The SMILES string of the molecule is COCCN=C(NC#N)N1CCc2ccc(NC(=O)c3sccc3NCc3ccnc4ccccc34)cc21. The zero-order valence-electron chi connectivity index (χ0n) is 20.9. The number of carbonyl (C=O) groups excluding carboxylic acids is 1. The maximum absolute atomic E-state index is 13.3. The van der Waals surface area contributed by atoms with Gasteiger partial charge in [-0.1, -0.05) is 24.3 Å². The predicted molar refractivity (Wildman–Crippen MR) is 152 cm³/mol. The van der Waals surface area contributed by atoms with Crippen molar-refractivity contribution in [3.63, 3.8) is 0 Å². The fraction of sp³-hybridized carbons (Fsp3) is 0.214. The van der Waals surface area contributed by atoms with Crippen LogP contribution >= 0.6 is 11.3 Å². The van der Waals surface area contributed by atoms with E-state index in [4.69, 9.17) is 4.74 Å². The van der Waals surface area contributed by atoms with Gasteiger partial charge in [0.15, 0.2) is 6.19 Å². The number of guanidine groups is 1. The van der Waals surface area contributed by atoms with E-state index in [9.17, 15) is 10.1 Å². The topological polar surface area (TPSA) is 115 Å². The highest BCUT2D eigenvalue weighted by atomic mass is 32.1. The molecule has 9 nitrogen and oxygen atoms in total. The van der Waals surface area contributed by atoms with Gasteiger partial charge in [0.25, 0.3) is 5.91 Å². The average Bonchev–Trinajstić information content (AvgIpc) is 3.58. The van der Waals surface area contributed by atoms with E-state index < -0.39 is 0 Å². The Balaban J connectivity index is 1.30. The molecule has 2 aromatic carbocycles. The first kappa shape index (κ1) is 25.2. The third-order valence-electron chi connectivity index (χ3n) is 6.30.